The van der Waals surface area contributed by atoms with Gasteiger partial charge in [-0.05, 0) is 59.9 Å². The third-order valence-corrected chi connectivity index (χ3v) is 7.30. The summed E-state index contributed by atoms with van der Waals surface area (Å²) in [5, 5.41) is 2.55. The lowest BCUT2D eigenvalue weighted by Gasteiger charge is -2.24. The molecule has 33 heavy (non-hydrogen) atoms. The van der Waals surface area contributed by atoms with Gasteiger partial charge in [0.15, 0.2) is 6.23 Å². The molecule has 1 aliphatic rings. The van der Waals surface area contributed by atoms with Crippen LogP contribution in [0.5, 0.6) is 5.75 Å². The molecule has 0 bridgehead atoms. The topological polar surface area (TPSA) is 138 Å². The minimum atomic E-state index is -4.04. The SMILES string of the molecule is COC(=O)[C@H](C)NP(=O)(OC[C@@H]1C=CC(n2cc(I)c(=O)[nH]c2=O)O1)Oc1ccc(Br)cc1. The summed E-state index contributed by atoms with van der Waals surface area (Å²) in [4.78, 5) is 37.7. The van der Waals surface area contributed by atoms with E-state index in [2.05, 4.69) is 30.7 Å². The Hall–Kier alpha value is -1.77. The molecule has 2 aromatic rings. The van der Waals surface area contributed by atoms with Crippen molar-refractivity contribution in [1.29, 1.82) is 0 Å². The minimum Gasteiger partial charge on any atom is -0.468 e. The Morgan fingerprint density at radius 1 is 1.33 bits per heavy atom. The number of hydrogen-bond donors (Lipinski definition) is 2. The number of aromatic nitrogens is 2. The number of rotatable bonds is 9. The molecule has 4 atom stereocenters. The smallest absolute Gasteiger partial charge is 0.459 e. The first-order valence-electron chi connectivity index (χ1n) is 9.50. The van der Waals surface area contributed by atoms with E-state index < -0.39 is 43.3 Å². The maximum absolute atomic E-state index is 13.4. The van der Waals surface area contributed by atoms with E-state index in [4.69, 9.17) is 13.8 Å². The Bertz CT molecular complexity index is 1200. The van der Waals surface area contributed by atoms with E-state index in [1.165, 1.54) is 24.8 Å². The van der Waals surface area contributed by atoms with Crippen LogP contribution in [0.1, 0.15) is 13.2 Å². The number of H-pyrrole nitrogens is 1. The number of halogens is 2. The van der Waals surface area contributed by atoms with Crippen LogP contribution in [0.2, 0.25) is 0 Å². The molecule has 2 N–H and O–H groups in total. The molecule has 2 heterocycles. The molecule has 1 aromatic heterocycles. The molecule has 14 heteroatoms. The zero-order valence-corrected chi connectivity index (χ0v) is 22.0. The van der Waals surface area contributed by atoms with Gasteiger partial charge >= 0.3 is 19.4 Å². The zero-order valence-electron chi connectivity index (χ0n) is 17.4. The van der Waals surface area contributed by atoms with Crippen molar-refractivity contribution < 1.29 is 27.9 Å². The van der Waals surface area contributed by atoms with Gasteiger partial charge in [-0.3, -0.25) is 23.7 Å². The summed E-state index contributed by atoms with van der Waals surface area (Å²) < 4.78 is 37.2. The summed E-state index contributed by atoms with van der Waals surface area (Å²) in [6, 6.07) is 5.57. The van der Waals surface area contributed by atoms with Crippen molar-refractivity contribution in [3.63, 3.8) is 0 Å². The minimum absolute atomic E-state index is 0.211. The lowest BCUT2D eigenvalue weighted by molar-refractivity contribution is -0.142. The van der Waals surface area contributed by atoms with Gasteiger partial charge in [0.2, 0.25) is 0 Å². The first-order valence-corrected chi connectivity index (χ1v) is 12.9. The number of carbonyl (C=O) groups excluding carboxylic acids is 1. The van der Waals surface area contributed by atoms with Gasteiger partial charge in [-0.25, -0.2) is 9.36 Å². The van der Waals surface area contributed by atoms with Crippen molar-refractivity contribution in [2.75, 3.05) is 13.7 Å². The van der Waals surface area contributed by atoms with Crippen LogP contribution < -0.4 is 20.9 Å². The maximum Gasteiger partial charge on any atom is 0.459 e. The highest BCUT2D eigenvalue weighted by Crippen LogP contribution is 2.45. The second kappa shape index (κ2) is 11.1. The summed E-state index contributed by atoms with van der Waals surface area (Å²) in [5.41, 5.74) is -1.12. The van der Waals surface area contributed by atoms with E-state index >= 15 is 0 Å². The van der Waals surface area contributed by atoms with Gasteiger partial charge in [-0.1, -0.05) is 22.0 Å². The molecule has 0 fully saturated rings. The van der Waals surface area contributed by atoms with Crippen LogP contribution in [0, 0.1) is 3.57 Å². The van der Waals surface area contributed by atoms with Crippen LogP contribution in [0.15, 0.2) is 56.7 Å². The van der Waals surface area contributed by atoms with Crippen LogP contribution in [0.25, 0.3) is 0 Å². The summed E-state index contributed by atoms with van der Waals surface area (Å²) >= 11 is 5.11. The van der Waals surface area contributed by atoms with Crippen molar-refractivity contribution in [2.24, 2.45) is 0 Å². The average Bonchev–Trinajstić information content (AvgIpc) is 3.25. The Kier molecular flexibility index (Phi) is 8.70. The molecule has 0 spiro atoms. The van der Waals surface area contributed by atoms with Crippen molar-refractivity contribution in [2.45, 2.75) is 25.3 Å². The van der Waals surface area contributed by atoms with E-state index in [0.717, 1.165) is 4.47 Å². The standard InChI is InChI=1S/C19H20BrIN3O8P/c1-11(18(26)29-2)23-33(28,32-13-5-3-12(20)4-6-13)30-10-14-7-8-16(31-14)24-9-15(21)17(25)22-19(24)27/h3-9,11,14,16H,10H2,1-2H3,(H,23,28)(H,22,25,27)/t11-,14-,16?,33?/m0/s1. The molecule has 0 saturated heterocycles. The maximum atomic E-state index is 13.4. The van der Waals surface area contributed by atoms with Crippen LogP contribution in [0.4, 0.5) is 0 Å². The third kappa shape index (κ3) is 6.87. The van der Waals surface area contributed by atoms with Gasteiger partial charge in [0.05, 0.1) is 17.3 Å². The third-order valence-electron chi connectivity index (χ3n) is 4.36. The number of esters is 1. The number of ether oxygens (including phenoxy) is 2. The quantitative estimate of drug-likeness (QED) is 0.181. The van der Waals surface area contributed by atoms with E-state index in [-0.39, 0.29) is 12.4 Å². The number of methoxy groups -OCH3 is 1. The molecule has 0 radical (unpaired) electrons. The van der Waals surface area contributed by atoms with E-state index in [1.54, 1.807) is 36.4 Å². The average molecular weight is 656 g/mol. The van der Waals surface area contributed by atoms with Gasteiger partial charge in [0.25, 0.3) is 5.56 Å². The fraction of sp³-hybridized carbons (Fsp3) is 0.316. The molecule has 1 aliphatic heterocycles. The highest BCUT2D eigenvalue weighted by Gasteiger charge is 2.34. The highest BCUT2D eigenvalue weighted by molar-refractivity contribution is 14.1. The van der Waals surface area contributed by atoms with E-state index in [9.17, 15) is 18.9 Å². The van der Waals surface area contributed by atoms with Crippen LogP contribution >= 0.6 is 46.3 Å². The van der Waals surface area contributed by atoms with Crippen LogP contribution in [-0.4, -0.2) is 41.4 Å². The highest BCUT2D eigenvalue weighted by atomic mass is 127. The van der Waals surface area contributed by atoms with Gasteiger partial charge in [0, 0.05) is 10.7 Å². The van der Waals surface area contributed by atoms with Crippen molar-refractivity contribution in [3.05, 3.63) is 71.5 Å². The predicted molar refractivity (Wildman–Crippen MR) is 130 cm³/mol. The lowest BCUT2D eigenvalue weighted by Crippen LogP contribution is -2.35. The molecule has 11 nitrogen and oxygen atoms in total. The molecule has 1 aromatic carbocycles. The first-order chi connectivity index (χ1) is 15.6. The Morgan fingerprint density at radius 2 is 2.03 bits per heavy atom. The second-order valence-electron chi connectivity index (χ2n) is 6.81. The Morgan fingerprint density at radius 3 is 2.70 bits per heavy atom. The normalized spacial score (nSPS) is 20.2. The monoisotopic (exact) mass is 655 g/mol. The van der Waals surface area contributed by atoms with Gasteiger partial charge in [-0.15, -0.1) is 0 Å². The van der Waals surface area contributed by atoms with Crippen molar-refractivity contribution in [1.82, 2.24) is 14.6 Å². The number of hydrogen-bond acceptors (Lipinski definition) is 8. The summed E-state index contributed by atoms with van der Waals surface area (Å²) in [6.07, 6.45) is 3.15. The molecule has 0 saturated carbocycles. The number of benzene rings is 1. The van der Waals surface area contributed by atoms with Gasteiger partial charge in [0.1, 0.15) is 17.9 Å². The molecular formula is C19H20BrIN3O8P. The van der Waals surface area contributed by atoms with Gasteiger partial charge in [-0.2, -0.15) is 5.09 Å². The zero-order chi connectivity index (χ0) is 24.2. The van der Waals surface area contributed by atoms with Crippen molar-refractivity contribution >= 4 is 52.2 Å². The fourth-order valence-electron chi connectivity index (χ4n) is 2.75. The summed E-state index contributed by atoms with van der Waals surface area (Å²) in [5.74, 6) is -0.399. The second-order valence-corrected chi connectivity index (χ2v) is 10.6. The number of aromatic amines is 1. The largest absolute Gasteiger partial charge is 0.468 e. The summed E-state index contributed by atoms with van der Waals surface area (Å²) in [7, 11) is -2.84. The number of carbonyl (C=O) groups is 1. The number of nitrogens with one attached hydrogen (secondary N) is 2. The van der Waals surface area contributed by atoms with E-state index in [1.807, 2.05) is 22.6 Å². The Balaban J connectivity index is 1.71. The molecule has 0 aliphatic carbocycles. The van der Waals surface area contributed by atoms with Crippen molar-refractivity contribution in [3.8, 4) is 5.75 Å². The Labute approximate surface area is 210 Å². The first kappa shape index (κ1) is 25.8. The molecule has 2 unspecified atom stereocenters. The van der Waals surface area contributed by atoms with Crippen LogP contribution in [0.3, 0.4) is 0 Å². The molecular weight excluding hydrogens is 636 g/mol. The lowest BCUT2D eigenvalue weighted by atomic mass is 10.3. The fourth-order valence-corrected chi connectivity index (χ4v) is 4.96. The molecule has 178 valence electrons. The number of nitrogens with zero attached hydrogens (tertiary/aromatic N) is 1. The predicted octanol–water partition coefficient (Wildman–Crippen LogP) is 2.71. The van der Waals surface area contributed by atoms with Crippen LogP contribution in [-0.2, 0) is 23.4 Å². The van der Waals surface area contributed by atoms with Gasteiger partial charge < -0.3 is 14.0 Å². The molecule has 3 rings (SSSR count). The molecule has 0 amide bonds. The van der Waals surface area contributed by atoms with E-state index in [0.29, 0.717) is 3.57 Å². The summed E-state index contributed by atoms with van der Waals surface area (Å²) in [6.45, 7) is 1.25.